The van der Waals surface area contributed by atoms with E-state index >= 15 is 0 Å². The van der Waals surface area contributed by atoms with Crippen LogP contribution >= 0.6 is 0 Å². The Bertz CT molecular complexity index is 732. The molecule has 0 nitrogen and oxygen atoms in total. The van der Waals surface area contributed by atoms with E-state index in [1.165, 1.54) is 6.07 Å². The molecule has 0 N–H and O–H groups in total. The number of halogens is 3. The molecule has 0 saturated carbocycles. The molecule has 0 aliphatic heterocycles. The van der Waals surface area contributed by atoms with Gasteiger partial charge in [-0.3, -0.25) is 0 Å². The van der Waals surface area contributed by atoms with E-state index in [1.54, 1.807) is 12.1 Å². The average Bonchev–Trinajstić information content (AvgIpc) is 2.36. The fourth-order valence-electron chi connectivity index (χ4n) is 1.95. The first kappa shape index (κ1) is 10.1. The topological polar surface area (TPSA) is 0 Å². The zero-order chi connectivity index (χ0) is 12.0. The molecule has 17 heavy (non-hydrogen) atoms. The molecule has 0 aromatic heterocycles. The summed E-state index contributed by atoms with van der Waals surface area (Å²) in [5.74, 6) is -2.52. The van der Waals surface area contributed by atoms with Gasteiger partial charge in [0.1, 0.15) is 5.82 Å². The van der Waals surface area contributed by atoms with Gasteiger partial charge in [-0.2, -0.15) is 0 Å². The Hall–Kier alpha value is -2.03. The molecule has 0 unspecified atom stereocenters. The van der Waals surface area contributed by atoms with Gasteiger partial charge in [-0.15, -0.1) is 0 Å². The summed E-state index contributed by atoms with van der Waals surface area (Å²) >= 11 is 0. The van der Waals surface area contributed by atoms with Gasteiger partial charge in [0.05, 0.1) is 0 Å². The summed E-state index contributed by atoms with van der Waals surface area (Å²) in [5, 5.41) is 0.931. The lowest BCUT2D eigenvalue weighted by molar-refractivity contribution is 0.525. The average molecular weight is 230 g/mol. The maximum absolute atomic E-state index is 13.7. The Morgan fingerprint density at radius 3 is 2.29 bits per heavy atom. The second-order valence-electron chi connectivity index (χ2n) is 3.71. The van der Waals surface area contributed by atoms with Crippen molar-refractivity contribution in [1.29, 1.82) is 0 Å². The number of rotatable bonds is 0. The monoisotopic (exact) mass is 230 g/mol. The smallest absolute Gasteiger partial charge is 0.167 e. The first-order chi connectivity index (χ1) is 8.18. The van der Waals surface area contributed by atoms with Crippen molar-refractivity contribution in [2.24, 2.45) is 0 Å². The number of hydrogen-bond donors (Lipinski definition) is 0. The van der Waals surface area contributed by atoms with E-state index in [0.717, 1.165) is 12.1 Å². The third-order valence-corrected chi connectivity index (χ3v) is 2.74. The summed E-state index contributed by atoms with van der Waals surface area (Å²) in [4.78, 5) is 0. The fourth-order valence-corrected chi connectivity index (χ4v) is 1.95. The van der Waals surface area contributed by atoms with Crippen LogP contribution in [0.5, 0.6) is 0 Å². The van der Waals surface area contributed by atoms with Crippen LogP contribution in [0.1, 0.15) is 0 Å². The Morgan fingerprint density at radius 2 is 1.53 bits per heavy atom. The first-order valence-corrected chi connectivity index (χ1v) is 4.96. The molecule has 0 saturated heterocycles. The Kier molecular flexibility index (Phi) is 2.08. The van der Waals surface area contributed by atoms with Crippen LogP contribution in [0.2, 0.25) is 0 Å². The summed E-state index contributed by atoms with van der Waals surface area (Å²) in [5.41, 5.74) is 0. The van der Waals surface area contributed by atoms with Gasteiger partial charge in [0.2, 0.25) is 0 Å². The molecule has 3 aromatic carbocycles. The maximum atomic E-state index is 13.7. The predicted molar refractivity (Wildman–Crippen MR) is 59.0 cm³/mol. The molecule has 3 aromatic rings. The zero-order valence-corrected chi connectivity index (χ0v) is 8.52. The molecule has 0 spiro atoms. The van der Waals surface area contributed by atoms with Crippen LogP contribution in [0.15, 0.2) is 30.3 Å². The molecule has 3 rings (SSSR count). The minimum atomic E-state index is -0.983. The van der Waals surface area contributed by atoms with Crippen molar-refractivity contribution in [2.45, 2.75) is 0 Å². The third kappa shape index (κ3) is 1.39. The van der Waals surface area contributed by atoms with Crippen LogP contribution in [0.25, 0.3) is 21.5 Å². The van der Waals surface area contributed by atoms with Crippen LogP contribution < -0.4 is 0 Å². The van der Waals surface area contributed by atoms with Gasteiger partial charge in [0, 0.05) is 16.8 Å². The van der Waals surface area contributed by atoms with Gasteiger partial charge in [-0.1, -0.05) is 12.1 Å². The quantitative estimate of drug-likeness (QED) is 0.512. The lowest BCUT2D eigenvalue weighted by atomic mass is 10.0. The van der Waals surface area contributed by atoms with Crippen molar-refractivity contribution < 1.29 is 13.2 Å². The second kappa shape index (κ2) is 3.48. The fraction of sp³-hybridized carbons (Fsp3) is 0. The summed E-state index contributed by atoms with van der Waals surface area (Å²) in [7, 11) is 0. The van der Waals surface area contributed by atoms with Crippen LogP contribution in [0.4, 0.5) is 13.2 Å². The summed E-state index contributed by atoms with van der Waals surface area (Å²) in [6.45, 7) is 0. The number of hydrogen-bond acceptors (Lipinski definition) is 0. The van der Waals surface area contributed by atoms with Crippen molar-refractivity contribution in [3.8, 4) is 0 Å². The van der Waals surface area contributed by atoms with Gasteiger partial charge in [-0.05, 0) is 35.0 Å². The van der Waals surface area contributed by atoms with Crippen molar-refractivity contribution in [2.75, 3.05) is 0 Å². The highest BCUT2D eigenvalue weighted by Crippen LogP contribution is 2.30. The molecular formula is C14H5F3. The SMILES string of the molecule is Fc1[c]cc2c(F)c(F)c3c[c]ccc3c2c1. The van der Waals surface area contributed by atoms with Gasteiger partial charge in [0.25, 0.3) is 0 Å². The van der Waals surface area contributed by atoms with E-state index in [0.29, 0.717) is 10.8 Å². The van der Waals surface area contributed by atoms with Gasteiger partial charge < -0.3 is 0 Å². The van der Waals surface area contributed by atoms with Gasteiger partial charge in [-0.25, -0.2) is 13.2 Å². The van der Waals surface area contributed by atoms with Crippen LogP contribution in [0, 0.1) is 29.6 Å². The lowest BCUT2D eigenvalue weighted by Crippen LogP contribution is -1.91. The summed E-state index contributed by atoms with van der Waals surface area (Å²) in [6, 6.07) is 11.7. The number of fused-ring (bicyclic) bond motifs is 3. The summed E-state index contributed by atoms with van der Waals surface area (Å²) in [6.07, 6.45) is 0. The van der Waals surface area contributed by atoms with E-state index in [4.69, 9.17) is 0 Å². The summed E-state index contributed by atoms with van der Waals surface area (Å²) < 4.78 is 40.6. The highest BCUT2D eigenvalue weighted by Gasteiger charge is 2.14. The lowest BCUT2D eigenvalue weighted by Gasteiger charge is -2.06. The molecule has 0 fully saturated rings. The first-order valence-electron chi connectivity index (χ1n) is 4.96. The van der Waals surface area contributed by atoms with Crippen molar-refractivity contribution in [1.82, 2.24) is 0 Å². The van der Waals surface area contributed by atoms with Gasteiger partial charge in [0.15, 0.2) is 11.6 Å². The highest BCUT2D eigenvalue weighted by molar-refractivity contribution is 6.07. The van der Waals surface area contributed by atoms with E-state index < -0.39 is 17.5 Å². The standard InChI is InChI=1S/C14H5F3/c15-8-5-6-11-12(7-8)9-3-1-2-4-10(9)13(16)14(11)17/h1,3-4,6-7H. The molecule has 0 bridgehead atoms. The molecule has 0 atom stereocenters. The molecule has 3 heteroatoms. The Morgan fingerprint density at radius 1 is 0.824 bits per heavy atom. The van der Waals surface area contributed by atoms with Crippen LogP contribution in [-0.4, -0.2) is 0 Å². The molecule has 0 heterocycles. The van der Waals surface area contributed by atoms with E-state index in [-0.39, 0.29) is 10.8 Å². The molecule has 2 radical (unpaired) electrons. The molecule has 0 aliphatic rings. The zero-order valence-electron chi connectivity index (χ0n) is 8.52. The van der Waals surface area contributed by atoms with Gasteiger partial charge >= 0.3 is 0 Å². The number of benzene rings is 3. The van der Waals surface area contributed by atoms with E-state index in [9.17, 15) is 13.2 Å². The second-order valence-corrected chi connectivity index (χ2v) is 3.71. The largest absolute Gasteiger partial charge is 0.206 e. The van der Waals surface area contributed by atoms with Crippen molar-refractivity contribution >= 4 is 21.5 Å². The van der Waals surface area contributed by atoms with Crippen LogP contribution in [0.3, 0.4) is 0 Å². The minimum absolute atomic E-state index is 0.0302. The molecule has 0 aliphatic carbocycles. The van der Waals surface area contributed by atoms with Crippen LogP contribution in [-0.2, 0) is 0 Å². The van der Waals surface area contributed by atoms with Crippen molar-refractivity contribution in [3.05, 3.63) is 59.9 Å². The van der Waals surface area contributed by atoms with E-state index in [2.05, 4.69) is 12.1 Å². The molecule has 0 amide bonds. The normalized spacial score (nSPS) is 11.2. The molecular weight excluding hydrogens is 225 g/mol. The predicted octanol–water partition coefficient (Wildman–Crippen LogP) is 4.01. The van der Waals surface area contributed by atoms with Crippen molar-refractivity contribution in [3.63, 3.8) is 0 Å². The molecule has 82 valence electrons. The Labute approximate surface area is 95.3 Å². The van der Waals surface area contributed by atoms with E-state index in [1.807, 2.05) is 0 Å². The third-order valence-electron chi connectivity index (χ3n) is 2.74. The highest BCUT2D eigenvalue weighted by atomic mass is 19.2. The maximum Gasteiger partial charge on any atom is 0.167 e. The Balaban J connectivity index is 2.66. The minimum Gasteiger partial charge on any atom is -0.206 e.